The van der Waals surface area contributed by atoms with Crippen molar-refractivity contribution < 1.29 is 9.53 Å². The summed E-state index contributed by atoms with van der Waals surface area (Å²) in [4.78, 5) is 12.3. The Bertz CT molecular complexity index is 476. The van der Waals surface area contributed by atoms with E-state index >= 15 is 0 Å². The second-order valence-electron chi connectivity index (χ2n) is 5.82. The predicted molar refractivity (Wildman–Crippen MR) is 85.0 cm³/mol. The van der Waals surface area contributed by atoms with Crippen molar-refractivity contribution in [3.8, 4) is 0 Å². The van der Waals surface area contributed by atoms with Gasteiger partial charge in [-0.05, 0) is 44.6 Å². The van der Waals surface area contributed by atoms with Gasteiger partial charge in [0.05, 0.1) is 12.6 Å². The van der Waals surface area contributed by atoms with E-state index in [0.29, 0.717) is 12.5 Å². The number of hydrogen-bond donors (Lipinski definition) is 1. The molecule has 21 heavy (non-hydrogen) atoms. The fourth-order valence-corrected chi connectivity index (χ4v) is 2.35. The van der Waals surface area contributed by atoms with Gasteiger partial charge in [0.2, 0.25) is 5.91 Å². The molecule has 1 amide bonds. The summed E-state index contributed by atoms with van der Waals surface area (Å²) in [5.41, 5.74) is 2.43. The second-order valence-corrected chi connectivity index (χ2v) is 5.82. The van der Waals surface area contributed by atoms with Gasteiger partial charge in [0.1, 0.15) is 6.10 Å². The minimum absolute atomic E-state index is 0.0310. The first-order valence-electron chi connectivity index (χ1n) is 7.71. The number of nitrogens with one attached hydrogen (secondary N) is 1. The molecule has 1 saturated carbocycles. The Morgan fingerprint density at radius 3 is 2.67 bits per heavy atom. The molecule has 3 heteroatoms. The van der Waals surface area contributed by atoms with Gasteiger partial charge in [-0.1, -0.05) is 35.9 Å². The first-order chi connectivity index (χ1) is 10.1. The van der Waals surface area contributed by atoms with Crippen LogP contribution in [0.1, 0.15) is 43.4 Å². The molecule has 1 aliphatic rings. The molecule has 3 nitrogen and oxygen atoms in total. The Hall–Kier alpha value is -1.61. The first kappa shape index (κ1) is 15.8. The lowest BCUT2D eigenvalue weighted by molar-refractivity contribution is -0.132. The van der Waals surface area contributed by atoms with E-state index in [9.17, 15) is 4.79 Å². The van der Waals surface area contributed by atoms with Crippen LogP contribution >= 0.6 is 0 Å². The highest BCUT2D eigenvalue weighted by Gasteiger charge is 2.34. The van der Waals surface area contributed by atoms with Crippen molar-refractivity contribution in [2.24, 2.45) is 5.92 Å². The maximum absolute atomic E-state index is 12.3. The van der Waals surface area contributed by atoms with Crippen LogP contribution in [0.2, 0.25) is 0 Å². The van der Waals surface area contributed by atoms with Gasteiger partial charge in [0.25, 0.3) is 0 Å². The zero-order valence-electron chi connectivity index (χ0n) is 13.0. The van der Waals surface area contributed by atoms with Crippen LogP contribution in [0.3, 0.4) is 0 Å². The minimum Gasteiger partial charge on any atom is -0.368 e. The highest BCUT2D eigenvalue weighted by Crippen LogP contribution is 2.41. The number of amides is 1. The summed E-state index contributed by atoms with van der Waals surface area (Å²) in [6, 6.07) is 8.54. The molecule has 114 valence electrons. The molecular weight excluding hydrogens is 262 g/mol. The molecule has 0 spiro atoms. The van der Waals surface area contributed by atoms with E-state index in [1.165, 1.54) is 24.0 Å². The number of carbonyl (C=O) groups excluding carboxylic acids is 1. The van der Waals surface area contributed by atoms with Crippen molar-refractivity contribution in [1.82, 2.24) is 5.32 Å². The summed E-state index contributed by atoms with van der Waals surface area (Å²) in [5, 5.41) is 3.15. The number of ether oxygens (including phenoxy) is 1. The topological polar surface area (TPSA) is 38.3 Å². The molecule has 1 aromatic carbocycles. The Morgan fingerprint density at radius 2 is 2.10 bits per heavy atom. The second kappa shape index (κ2) is 7.41. The molecule has 1 aromatic rings. The summed E-state index contributed by atoms with van der Waals surface area (Å²) in [7, 11) is 0. The molecule has 0 heterocycles. The third-order valence-electron chi connectivity index (χ3n) is 3.89. The molecule has 2 unspecified atom stereocenters. The molecule has 1 aliphatic carbocycles. The number of hydrogen-bond acceptors (Lipinski definition) is 2. The SMILES string of the molecule is C=CCCOC(C)C(=O)NC(c1ccc(C)cc1)C1CC1. The normalized spacial score (nSPS) is 17.0. The Labute approximate surface area is 127 Å². The molecule has 0 aromatic heterocycles. The smallest absolute Gasteiger partial charge is 0.249 e. The van der Waals surface area contributed by atoms with E-state index in [1.807, 2.05) is 0 Å². The van der Waals surface area contributed by atoms with E-state index in [2.05, 4.69) is 43.1 Å². The van der Waals surface area contributed by atoms with Crippen molar-refractivity contribution in [1.29, 1.82) is 0 Å². The van der Waals surface area contributed by atoms with Crippen LogP contribution in [0.4, 0.5) is 0 Å². The summed E-state index contributed by atoms with van der Waals surface area (Å²) < 4.78 is 5.52. The van der Waals surface area contributed by atoms with Gasteiger partial charge in [0.15, 0.2) is 0 Å². The largest absolute Gasteiger partial charge is 0.368 e. The van der Waals surface area contributed by atoms with Crippen LogP contribution in [0.5, 0.6) is 0 Å². The Kier molecular flexibility index (Phi) is 5.57. The zero-order valence-corrected chi connectivity index (χ0v) is 13.0. The highest BCUT2D eigenvalue weighted by atomic mass is 16.5. The van der Waals surface area contributed by atoms with Crippen molar-refractivity contribution in [3.05, 3.63) is 48.0 Å². The molecule has 2 rings (SSSR count). The monoisotopic (exact) mass is 287 g/mol. The van der Waals surface area contributed by atoms with Crippen molar-refractivity contribution in [2.75, 3.05) is 6.61 Å². The van der Waals surface area contributed by atoms with Gasteiger partial charge in [-0.2, -0.15) is 0 Å². The summed E-state index contributed by atoms with van der Waals surface area (Å²) in [6.07, 6.45) is 4.51. The van der Waals surface area contributed by atoms with Crippen molar-refractivity contribution >= 4 is 5.91 Å². The van der Waals surface area contributed by atoms with Crippen LogP contribution < -0.4 is 5.32 Å². The standard InChI is InChI=1S/C18H25NO2/c1-4-5-12-21-14(3)18(20)19-17(16-10-11-16)15-8-6-13(2)7-9-15/h4,6-9,14,16-17H,1,5,10-12H2,2-3H3,(H,19,20). The minimum atomic E-state index is -0.420. The van der Waals surface area contributed by atoms with Crippen LogP contribution in [0, 0.1) is 12.8 Å². The summed E-state index contributed by atoms with van der Waals surface area (Å²) >= 11 is 0. The maximum Gasteiger partial charge on any atom is 0.249 e. The third-order valence-corrected chi connectivity index (χ3v) is 3.89. The van der Waals surface area contributed by atoms with E-state index in [4.69, 9.17) is 4.74 Å². The van der Waals surface area contributed by atoms with E-state index in [-0.39, 0.29) is 11.9 Å². The Balaban J connectivity index is 1.95. The number of carbonyl (C=O) groups is 1. The lowest BCUT2D eigenvalue weighted by Crippen LogP contribution is -2.38. The number of aryl methyl sites for hydroxylation is 1. The quantitative estimate of drug-likeness (QED) is 0.586. The highest BCUT2D eigenvalue weighted by molar-refractivity contribution is 5.80. The summed E-state index contributed by atoms with van der Waals surface area (Å²) in [6.45, 7) is 8.06. The lowest BCUT2D eigenvalue weighted by atomic mass is 10.0. The number of benzene rings is 1. The zero-order chi connectivity index (χ0) is 15.2. The molecule has 0 bridgehead atoms. The predicted octanol–water partition coefficient (Wildman–Crippen LogP) is 3.54. The van der Waals surface area contributed by atoms with Crippen LogP contribution in [0.25, 0.3) is 0 Å². The van der Waals surface area contributed by atoms with Gasteiger partial charge in [-0.3, -0.25) is 4.79 Å². The van der Waals surface area contributed by atoms with Gasteiger partial charge in [-0.15, -0.1) is 6.58 Å². The van der Waals surface area contributed by atoms with Gasteiger partial charge in [0, 0.05) is 0 Å². The molecule has 0 radical (unpaired) electrons. The molecule has 0 aliphatic heterocycles. The van der Waals surface area contributed by atoms with Gasteiger partial charge < -0.3 is 10.1 Å². The lowest BCUT2D eigenvalue weighted by Gasteiger charge is -2.21. The molecule has 0 saturated heterocycles. The molecule has 1 fully saturated rings. The van der Waals surface area contributed by atoms with Gasteiger partial charge >= 0.3 is 0 Å². The van der Waals surface area contributed by atoms with Gasteiger partial charge in [-0.25, -0.2) is 0 Å². The van der Waals surface area contributed by atoms with Crippen molar-refractivity contribution in [2.45, 2.75) is 45.3 Å². The van der Waals surface area contributed by atoms with E-state index in [1.54, 1.807) is 13.0 Å². The van der Waals surface area contributed by atoms with E-state index < -0.39 is 6.10 Å². The number of rotatable bonds is 8. The molecule has 2 atom stereocenters. The van der Waals surface area contributed by atoms with Crippen molar-refractivity contribution in [3.63, 3.8) is 0 Å². The average Bonchev–Trinajstić information content (AvgIpc) is 3.30. The average molecular weight is 287 g/mol. The summed E-state index contributed by atoms with van der Waals surface area (Å²) in [5.74, 6) is 0.536. The van der Waals surface area contributed by atoms with Crippen LogP contribution in [0.15, 0.2) is 36.9 Å². The van der Waals surface area contributed by atoms with Crippen LogP contribution in [-0.2, 0) is 9.53 Å². The molecular formula is C18H25NO2. The molecule has 1 N–H and O–H groups in total. The Morgan fingerprint density at radius 1 is 1.43 bits per heavy atom. The maximum atomic E-state index is 12.3. The fraction of sp³-hybridized carbons (Fsp3) is 0.500. The fourth-order valence-electron chi connectivity index (χ4n) is 2.35. The third kappa shape index (κ3) is 4.71. The van der Waals surface area contributed by atoms with Crippen LogP contribution in [-0.4, -0.2) is 18.6 Å². The first-order valence-corrected chi connectivity index (χ1v) is 7.71. The van der Waals surface area contributed by atoms with E-state index in [0.717, 1.165) is 6.42 Å².